The number of furan rings is 1. The summed E-state index contributed by atoms with van der Waals surface area (Å²) >= 11 is 0. The first kappa shape index (κ1) is 17.5. The Morgan fingerprint density at radius 3 is 2.78 bits per heavy atom. The summed E-state index contributed by atoms with van der Waals surface area (Å²) in [7, 11) is 2.00. The third-order valence-electron chi connectivity index (χ3n) is 3.95. The van der Waals surface area contributed by atoms with Crippen LogP contribution in [0.15, 0.2) is 10.5 Å². The lowest BCUT2D eigenvalue weighted by molar-refractivity contribution is -0.119. The van der Waals surface area contributed by atoms with Crippen LogP contribution in [0.25, 0.3) is 0 Å². The topological polar surface area (TPSA) is 89.0 Å². The summed E-state index contributed by atoms with van der Waals surface area (Å²) in [5.41, 5.74) is 6.22. The van der Waals surface area contributed by atoms with Gasteiger partial charge in [-0.25, -0.2) is 0 Å². The van der Waals surface area contributed by atoms with E-state index in [1.807, 2.05) is 20.9 Å². The van der Waals surface area contributed by atoms with Crippen LogP contribution in [0.5, 0.6) is 0 Å². The number of nitrogens with two attached hydrogens (primary N) is 1. The van der Waals surface area contributed by atoms with Gasteiger partial charge in [-0.2, -0.15) is 0 Å². The zero-order chi connectivity index (χ0) is 17.0. The lowest BCUT2D eigenvalue weighted by Crippen LogP contribution is -2.49. The van der Waals surface area contributed by atoms with E-state index in [1.165, 1.54) is 4.90 Å². The third-order valence-corrected chi connectivity index (χ3v) is 3.95. The average molecular weight is 323 g/mol. The molecule has 7 nitrogen and oxygen atoms in total. The Hall–Kier alpha value is -1.86. The summed E-state index contributed by atoms with van der Waals surface area (Å²) in [5, 5.41) is 0. The van der Waals surface area contributed by atoms with Crippen molar-refractivity contribution in [1.29, 1.82) is 0 Å². The molecule has 0 saturated carbocycles. The lowest BCUT2D eigenvalue weighted by atomic mass is 10.2. The highest BCUT2D eigenvalue weighted by Gasteiger charge is 2.27. The molecular weight excluding hydrogens is 298 g/mol. The molecule has 0 spiro atoms. The van der Waals surface area contributed by atoms with Crippen LogP contribution in [0.1, 0.15) is 28.8 Å². The van der Waals surface area contributed by atoms with E-state index in [0.29, 0.717) is 26.1 Å². The first-order valence-electron chi connectivity index (χ1n) is 7.87. The van der Waals surface area contributed by atoms with Crippen molar-refractivity contribution in [3.63, 3.8) is 0 Å². The number of hydrogen-bond donors (Lipinski definition) is 1. The van der Waals surface area contributed by atoms with E-state index in [2.05, 4.69) is 4.90 Å². The summed E-state index contributed by atoms with van der Waals surface area (Å²) in [6.45, 7) is 6.21. The standard InChI is InChI=1S/C16H25N3O4/c1-4-13-11(2)7-14(23-13)16(21)19(10-15(17)20)9-12-8-18(3)5-6-22-12/h7,12H,4-6,8-10H2,1-3H3,(H2,17,20)/t12-/m0/s1. The molecular formula is C16H25N3O4. The third kappa shape index (κ3) is 4.56. The van der Waals surface area contributed by atoms with Crippen LogP contribution in [0.2, 0.25) is 0 Å². The van der Waals surface area contributed by atoms with Crippen molar-refractivity contribution in [3.05, 3.63) is 23.2 Å². The van der Waals surface area contributed by atoms with Crippen LogP contribution in [0.4, 0.5) is 0 Å². The van der Waals surface area contributed by atoms with Gasteiger partial charge in [0.2, 0.25) is 5.91 Å². The number of carbonyl (C=O) groups is 2. The van der Waals surface area contributed by atoms with Gasteiger partial charge in [-0.3, -0.25) is 9.59 Å². The van der Waals surface area contributed by atoms with E-state index >= 15 is 0 Å². The number of rotatable bonds is 6. The van der Waals surface area contributed by atoms with E-state index < -0.39 is 5.91 Å². The molecule has 1 fully saturated rings. The van der Waals surface area contributed by atoms with Crippen LogP contribution < -0.4 is 5.73 Å². The van der Waals surface area contributed by atoms with Crippen molar-refractivity contribution in [2.45, 2.75) is 26.4 Å². The van der Waals surface area contributed by atoms with Crippen LogP contribution in [-0.4, -0.2) is 67.6 Å². The number of morpholine rings is 1. The quantitative estimate of drug-likeness (QED) is 0.819. The SMILES string of the molecule is CCc1oc(C(=O)N(CC(N)=O)C[C@@H]2CN(C)CCO2)cc1C. The zero-order valence-corrected chi connectivity index (χ0v) is 14.0. The number of likely N-dealkylation sites (N-methyl/N-ethyl adjacent to an activating group) is 1. The zero-order valence-electron chi connectivity index (χ0n) is 14.0. The highest BCUT2D eigenvalue weighted by Crippen LogP contribution is 2.17. The summed E-state index contributed by atoms with van der Waals surface area (Å²) in [6.07, 6.45) is 0.574. The molecule has 1 aliphatic rings. The van der Waals surface area contributed by atoms with E-state index in [-0.39, 0.29) is 24.3 Å². The number of hydrogen-bond acceptors (Lipinski definition) is 5. The molecule has 1 aromatic heterocycles. The van der Waals surface area contributed by atoms with Gasteiger partial charge < -0.3 is 24.7 Å². The van der Waals surface area contributed by atoms with Crippen molar-refractivity contribution in [2.24, 2.45) is 5.73 Å². The minimum atomic E-state index is -0.554. The van der Waals surface area contributed by atoms with Gasteiger partial charge in [-0.15, -0.1) is 0 Å². The van der Waals surface area contributed by atoms with Crippen molar-refractivity contribution < 1.29 is 18.7 Å². The predicted molar refractivity (Wildman–Crippen MR) is 85.2 cm³/mol. The molecule has 2 N–H and O–H groups in total. The normalized spacial score (nSPS) is 18.8. The molecule has 23 heavy (non-hydrogen) atoms. The molecule has 0 unspecified atom stereocenters. The van der Waals surface area contributed by atoms with Gasteiger partial charge in [0, 0.05) is 26.1 Å². The number of carbonyl (C=O) groups excluding carboxylic acids is 2. The van der Waals surface area contributed by atoms with Crippen LogP contribution >= 0.6 is 0 Å². The first-order chi connectivity index (χ1) is 10.9. The molecule has 1 atom stereocenters. The fourth-order valence-corrected chi connectivity index (χ4v) is 2.76. The van der Waals surface area contributed by atoms with E-state index in [0.717, 1.165) is 17.9 Å². The number of aryl methyl sites for hydroxylation is 2. The number of primary amides is 1. The van der Waals surface area contributed by atoms with Crippen LogP contribution in [0.3, 0.4) is 0 Å². The Kier molecular flexibility index (Phi) is 5.79. The second-order valence-corrected chi connectivity index (χ2v) is 5.98. The smallest absolute Gasteiger partial charge is 0.290 e. The minimum absolute atomic E-state index is 0.140. The molecule has 2 heterocycles. The molecule has 0 radical (unpaired) electrons. The summed E-state index contributed by atoms with van der Waals surface area (Å²) in [4.78, 5) is 27.5. The van der Waals surface area contributed by atoms with Crippen LogP contribution in [0, 0.1) is 6.92 Å². The summed E-state index contributed by atoms with van der Waals surface area (Å²) in [6, 6.07) is 1.71. The van der Waals surface area contributed by atoms with Gasteiger partial charge in [-0.05, 0) is 25.6 Å². The van der Waals surface area contributed by atoms with Crippen molar-refractivity contribution in [1.82, 2.24) is 9.80 Å². The number of ether oxygens (including phenoxy) is 1. The molecule has 7 heteroatoms. The molecule has 0 aliphatic carbocycles. The lowest BCUT2D eigenvalue weighted by Gasteiger charge is -2.33. The first-order valence-corrected chi connectivity index (χ1v) is 7.87. The fraction of sp³-hybridized carbons (Fsp3) is 0.625. The number of nitrogens with zero attached hydrogens (tertiary/aromatic N) is 2. The number of amides is 2. The molecule has 0 bridgehead atoms. The second kappa shape index (κ2) is 7.61. The molecule has 1 aromatic rings. The van der Waals surface area contributed by atoms with Gasteiger partial charge >= 0.3 is 0 Å². The van der Waals surface area contributed by atoms with Gasteiger partial charge in [0.15, 0.2) is 5.76 Å². The Labute approximate surface area is 136 Å². The fourth-order valence-electron chi connectivity index (χ4n) is 2.76. The van der Waals surface area contributed by atoms with E-state index in [1.54, 1.807) is 6.07 Å². The van der Waals surface area contributed by atoms with Crippen molar-refractivity contribution in [2.75, 3.05) is 39.8 Å². The van der Waals surface area contributed by atoms with Gasteiger partial charge in [0.1, 0.15) is 5.76 Å². The maximum Gasteiger partial charge on any atom is 0.290 e. The van der Waals surface area contributed by atoms with Gasteiger partial charge in [0.25, 0.3) is 5.91 Å². The second-order valence-electron chi connectivity index (χ2n) is 5.98. The largest absolute Gasteiger partial charge is 0.456 e. The Balaban J connectivity index is 2.12. The highest BCUT2D eigenvalue weighted by atomic mass is 16.5. The predicted octanol–water partition coefficient (Wildman–Crippen LogP) is 0.409. The summed E-state index contributed by atoms with van der Waals surface area (Å²) in [5.74, 6) is 0.135. The molecule has 1 aliphatic heterocycles. The Morgan fingerprint density at radius 1 is 1.48 bits per heavy atom. The maximum atomic E-state index is 12.7. The average Bonchev–Trinajstić information content (AvgIpc) is 2.86. The highest BCUT2D eigenvalue weighted by molar-refractivity contribution is 5.94. The van der Waals surface area contributed by atoms with E-state index in [4.69, 9.17) is 14.9 Å². The van der Waals surface area contributed by atoms with E-state index in [9.17, 15) is 9.59 Å². The van der Waals surface area contributed by atoms with Crippen molar-refractivity contribution >= 4 is 11.8 Å². The molecule has 2 amide bonds. The Morgan fingerprint density at radius 2 is 2.22 bits per heavy atom. The molecule has 0 aromatic carbocycles. The van der Waals surface area contributed by atoms with Crippen molar-refractivity contribution in [3.8, 4) is 0 Å². The minimum Gasteiger partial charge on any atom is -0.456 e. The molecule has 1 saturated heterocycles. The molecule has 128 valence electrons. The monoisotopic (exact) mass is 323 g/mol. The Bertz CT molecular complexity index is 570. The maximum absolute atomic E-state index is 12.7. The summed E-state index contributed by atoms with van der Waals surface area (Å²) < 4.78 is 11.3. The van der Waals surface area contributed by atoms with Gasteiger partial charge in [-0.1, -0.05) is 6.92 Å². The van der Waals surface area contributed by atoms with Gasteiger partial charge in [0.05, 0.1) is 19.3 Å². The van der Waals surface area contributed by atoms with Crippen LogP contribution in [-0.2, 0) is 16.0 Å². The molecule has 2 rings (SSSR count).